The van der Waals surface area contributed by atoms with Gasteiger partial charge in [0.2, 0.25) is 0 Å². The van der Waals surface area contributed by atoms with Crippen molar-refractivity contribution in [2.75, 3.05) is 0 Å². The molecule has 0 saturated heterocycles. The summed E-state index contributed by atoms with van der Waals surface area (Å²) in [4.78, 5) is 0. The zero-order valence-corrected chi connectivity index (χ0v) is 12.4. The Balaban J connectivity index is 2.58. The lowest BCUT2D eigenvalue weighted by Crippen LogP contribution is -2.24. The molecule has 0 aliphatic carbocycles. The maximum Gasteiger partial charge on any atom is 0.112 e. The summed E-state index contributed by atoms with van der Waals surface area (Å²) in [6.07, 6.45) is 0. The molecule has 1 unspecified atom stereocenters. The molecule has 1 heteroatoms. The van der Waals surface area contributed by atoms with Crippen LogP contribution in [0.4, 0.5) is 0 Å². The van der Waals surface area contributed by atoms with Crippen molar-refractivity contribution in [2.45, 2.75) is 40.2 Å². The van der Waals surface area contributed by atoms with Crippen LogP contribution < -0.4 is 0 Å². The van der Waals surface area contributed by atoms with E-state index < -0.39 is 5.60 Å². The third kappa shape index (κ3) is 2.43. The SMILES string of the molecule is Cc1ccc(C(C)(O)c2cccc(C)c2C)cc1C. The van der Waals surface area contributed by atoms with Gasteiger partial charge in [-0.2, -0.15) is 0 Å². The third-order valence-corrected chi connectivity index (χ3v) is 4.20. The molecule has 0 fully saturated rings. The van der Waals surface area contributed by atoms with Gasteiger partial charge in [0.05, 0.1) is 0 Å². The molecule has 1 N–H and O–H groups in total. The highest BCUT2D eigenvalue weighted by Gasteiger charge is 2.27. The van der Waals surface area contributed by atoms with E-state index in [0.29, 0.717) is 0 Å². The molecule has 0 aliphatic heterocycles. The number of hydrogen-bond acceptors (Lipinski definition) is 1. The van der Waals surface area contributed by atoms with Gasteiger partial charge in [0.25, 0.3) is 0 Å². The van der Waals surface area contributed by atoms with Crippen LogP contribution in [0.25, 0.3) is 0 Å². The van der Waals surface area contributed by atoms with Crippen LogP contribution in [0.1, 0.15) is 40.3 Å². The third-order valence-electron chi connectivity index (χ3n) is 4.20. The molecule has 0 heterocycles. The molecule has 0 aliphatic rings. The summed E-state index contributed by atoms with van der Waals surface area (Å²) in [5.74, 6) is 0. The fourth-order valence-corrected chi connectivity index (χ4v) is 2.48. The molecule has 0 radical (unpaired) electrons. The van der Waals surface area contributed by atoms with Crippen molar-refractivity contribution >= 4 is 0 Å². The molecule has 0 bridgehead atoms. The van der Waals surface area contributed by atoms with Gasteiger partial charge in [-0.3, -0.25) is 0 Å². The summed E-state index contributed by atoms with van der Waals surface area (Å²) >= 11 is 0. The van der Waals surface area contributed by atoms with Crippen molar-refractivity contribution < 1.29 is 5.11 Å². The predicted octanol–water partition coefficient (Wildman–Crippen LogP) is 4.18. The minimum absolute atomic E-state index is 0.948. The topological polar surface area (TPSA) is 20.2 Å². The first-order valence-corrected chi connectivity index (χ1v) is 6.71. The van der Waals surface area contributed by atoms with Crippen molar-refractivity contribution in [3.63, 3.8) is 0 Å². The van der Waals surface area contributed by atoms with E-state index in [0.717, 1.165) is 16.7 Å². The van der Waals surface area contributed by atoms with Gasteiger partial charge < -0.3 is 5.11 Å². The summed E-state index contributed by atoms with van der Waals surface area (Å²) in [7, 11) is 0. The van der Waals surface area contributed by atoms with Crippen LogP contribution in [0.15, 0.2) is 36.4 Å². The maximum absolute atomic E-state index is 11.0. The van der Waals surface area contributed by atoms with Gasteiger partial charge in [-0.15, -0.1) is 0 Å². The molecule has 1 atom stereocenters. The van der Waals surface area contributed by atoms with Gasteiger partial charge in [0, 0.05) is 0 Å². The van der Waals surface area contributed by atoms with Crippen molar-refractivity contribution in [2.24, 2.45) is 0 Å². The number of aryl methyl sites for hydroxylation is 3. The summed E-state index contributed by atoms with van der Waals surface area (Å²) < 4.78 is 0. The minimum atomic E-state index is -0.950. The maximum atomic E-state index is 11.0. The number of hydrogen-bond donors (Lipinski definition) is 1. The quantitative estimate of drug-likeness (QED) is 0.852. The Bertz CT molecular complexity index is 609. The molecule has 2 aromatic rings. The summed E-state index contributed by atoms with van der Waals surface area (Å²) in [6.45, 7) is 10.2. The van der Waals surface area contributed by atoms with E-state index in [4.69, 9.17) is 0 Å². The standard InChI is InChI=1S/C18H22O/c1-12-9-10-16(11-14(12)3)18(5,19)17-8-6-7-13(2)15(17)4/h6-11,19H,1-5H3. The Kier molecular flexibility index (Phi) is 3.51. The van der Waals surface area contributed by atoms with E-state index in [1.165, 1.54) is 16.7 Å². The van der Waals surface area contributed by atoms with E-state index in [2.05, 4.69) is 45.9 Å². The monoisotopic (exact) mass is 254 g/mol. The lowest BCUT2D eigenvalue weighted by molar-refractivity contribution is 0.101. The molecule has 100 valence electrons. The summed E-state index contributed by atoms with van der Waals surface area (Å²) in [5, 5.41) is 11.0. The molecule has 2 rings (SSSR count). The Hall–Kier alpha value is -1.60. The first-order chi connectivity index (χ1) is 8.84. The van der Waals surface area contributed by atoms with E-state index >= 15 is 0 Å². The average Bonchev–Trinajstić information content (AvgIpc) is 2.35. The van der Waals surface area contributed by atoms with Crippen molar-refractivity contribution in [3.8, 4) is 0 Å². The van der Waals surface area contributed by atoms with E-state index in [1.807, 2.05) is 25.1 Å². The molecule has 0 spiro atoms. The highest BCUT2D eigenvalue weighted by atomic mass is 16.3. The van der Waals surface area contributed by atoms with Crippen molar-refractivity contribution in [1.29, 1.82) is 0 Å². The Labute approximate surface area is 115 Å². The Morgan fingerprint density at radius 1 is 0.842 bits per heavy atom. The molecular formula is C18H22O. The van der Waals surface area contributed by atoms with Crippen LogP contribution in [0.2, 0.25) is 0 Å². The second kappa shape index (κ2) is 4.82. The van der Waals surface area contributed by atoms with Crippen molar-refractivity contribution in [1.82, 2.24) is 0 Å². The van der Waals surface area contributed by atoms with Crippen LogP contribution in [0.5, 0.6) is 0 Å². The molecule has 2 aromatic carbocycles. The highest BCUT2D eigenvalue weighted by Crippen LogP contribution is 2.33. The van der Waals surface area contributed by atoms with E-state index in [-0.39, 0.29) is 0 Å². The number of rotatable bonds is 2. The zero-order valence-electron chi connectivity index (χ0n) is 12.4. The van der Waals surface area contributed by atoms with Gasteiger partial charge >= 0.3 is 0 Å². The molecule has 0 aromatic heterocycles. The summed E-state index contributed by atoms with van der Waals surface area (Å²) in [6, 6.07) is 12.3. The van der Waals surface area contributed by atoms with Crippen LogP contribution >= 0.6 is 0 Å². The number of aliphatic hydroxyl groups is 1. The molecule has 1 nitrogen and oxygen atoms in total. The fraction of sp³-hybridized carbons (Fsp3) is 0.333. The smallest absolute Gasteiger partial charge is 0.112 e. The minimum Gasteiger partial charge on any atom is -0.381 e. The molecule has 19 heavy (non-hydrogen) atoms. The van der Waals surface area contributed by atoms with Crippen LogP contribution in [-0.2, 0) is 5.60 Å². The second-order valence-electron chi connectivity index (χ2n) is 5.62. The van der Waals surface area contributed by atoms with Gasteiger partial charge in [-0.1, -0.05) is 36.4 Å². The van der Waals surface area contributed by atoms with Crippen LogP contribution in [0, 0.1) is 27.7 Å². The normalized spacial score (nSPS) is 14.2. The molecule has 0 saturated carbocycles. The highest BCUT2D eigenvalue weighted by molar-refractivity contribution is 5.44. The summed E-state index contributed by atoms with van der Waals surface area (Å²) in [5.41, 5.74) is 5.81. The largest absolute Gasteiger partial charge is 0.381 e. The van der Waals surface area contributed by atoms with Gasteiger partial charge in [0.1, 0.15) is 5.60 Å². The first kappa shape index (κ1) is 13.8. The average molecular weight is 254 g/mol. The van der Waals surface area contributed by atoms with E-state index in [1.54, 1.807) is 0 Å². The lowest BCUT2D eigenvalue weighted by atomic mass is 9.83. The Morgan fingerprint density at radius 3 is 2.16 bits per heavy atom. The predicted molar refractivity (Wildman–Crippen MR) is 80.5 cm³/mol. The molecule has 0 amide bonds. The molecular weight excluding hydrogens is 232 g/mol. The van der Waals surface area contributed by atoms with Gasteiger partial charge in [-0.05, 0) is 68.0 Å². The van der Waals surface area contributed by atoms with E-state index in [9.17, 15) is 5.11 Å². The first-order valence-electron chi connectivity index (χ1n) is 6.71. The van der Waals surface area contributed by atoms with Crippen LogP contribution in [0.3, 0.4) is 0 Å². The van der Waals surface area contributed by atoms with Crippen molar-refractivity contribution in [3.05, 3.63) is 69.8 Å². The fourth-order valence-electron chi connectivity index (χ4n) is 2.48. The van der Waals surface area contributed by atoms with Crippen LogP contribution in [-0.4, -0.2) is 5.11 Å². The van der Waals surface area contributed by atoms with Gasteiger partial charge in [-0.25, -0.2) is 0 Å². The zero-order chi connectivity index (χ0) is 14.2. The van der Waals surface area contributed by atoms with Gasteiger partial charge in [0.15, 0.2) is 0 Å². The second-order valence-corrected chi connectivity index (χ2v) is 5.62. The lowest BCUT2D eigenvalue weighted by Gasteiger charge is -2.27. The number of benzene rings is 2. The Morgan fingerprint density at radius 2 is 1.53 bits per heavy atom.